The van der Waals surface area contributed by atoms with Gasteiger partial charge in [-0.15, -0.1) is 0 Å². The third-order valence-corrected chi connectivity index (χ3v) is 7.95. The molecule has 1 aliphatic carbocycles. The predicted molar refractivity (Wildman–Crippen MR) is 149 cm³/mol. The number of rotatable bonds is 9. The number of methoxy groups -OCH3 is 1. The Morgan fingerprint density at radius 1 is 1.20 bits per heavy atom. The Morgan fingerprint density at radius 3 is 2.80 bits per heavy atom. The molecular formula is C30H34FN5O4. The van der Waals surface area contributed by atoms with Crippen LogP contribution in [0.25, 0.3) is 11.3 Å². The van der Waals surface area contributed by atoms with Crippen LogP contribution in [0.5, 0.6) is 17.4 Å². The zero-order chi connectivity index (χ0) is 27.7. The van der Waals surface area contributed by atoms with Gasteiger partial charge in [0, 0.05) is 43.4 Å². The summed E-state index contributed by atoms with van der Waals surface area (Å²) in [7, 11) is 1.56. The van der Waals surface area contributed by atoms with Crippen LogP contribution < -0.4 is 29.7 Å². The second-order valence-electron chi connectivity index (χ2n) is 10.8. The van der Waals surface area contributed by atoms with Crippen LogP contribution in [-0.4, -0.2) is 67.9 Å². The molecule has 2 aromatic heterocycles. The summed E-state index contributed by atoms with van der Waals surface area (Å²) in [6.45, 7) is 5.70. The maximum Gasteiger partial charge on any atom is 0.274 e. The maximum absolute atomic E-state index is 13.6. The molecule has 210 valence electrons. The van der Waals surface area contributed by atoms with Crippen LogP contribution in [0, 0.1) is 11.2 Å². The fourth-order valence-electron chi connectivity index (χ4n) is 6.00. The van der Waals surface area contributed by atoms with Crippen LogP contribution >= 0.6 is 0 Å². The van der Waals surface area contributed by atoms with E-state index in [4.69, 9.17) is 19.2 Å². The van der Waals surface area contributed by atoms with Gasteiger partial charge in [0.05, 0.1) is 30.7 Å². The average molecular weight is 548 g/mol. The fraction of sp³-hybridized carbons (Fsp3) is 0.433. The molecule has 4 heterocycles. The first-order valence-electron chi connectivity index (χ1n) is 13.8. The van der Waals surface area contributed by atoms with Crippen molar-refractivity contribution in [3.05, 3.63) is 60.2 Å². The van der Waals surface area contributed by atoms with Gasteiger partial charge in [0.1, 0.15) is 17.7 Å². The van der Waals surface area contributed by atoms with Gasteiger partial charge in [-0.3, -0.25) is 4.79 Å². The van der Waals surface area contributed by atoms with E-state index in [1.54, 1.807) is 19.4 Å². The van der Waals surface area contributed by atoms with Crippen molar-refractivity contribution in [1.29, 1.82) is 0 Å². The highest BCUT2D eigenvalue weighted by Gasteiger charge is 2.54. The van der Waals surface area contributed by atoms with Crippen LogP contribution in [0.2, 0.25) is 0 Å². The molecule has 1 saturated carbocycles. The van der Waals surface area contributed by atoms with E-state index in [9.17, 15) is 9.18 Å². The van der Waals surface area contributed by atoms with E-state index in [0.717, 1.165) is 56.7 Å². The summed E-state index contributed by atoms with van der Waals surface area (Å²) in [5.74, 6) is 0.937. The van der Waals surface area contributed by atoms with E-state index in [1.807, 2.05) is 31.2 Å². The number of carbonyl (C=O) groups is 1. The minimum atomic E-state index is -0.311. The van der Waals surface area contributed by atoms with E-state index in [1.165, 1.54) is 12.1 Å². The number of pyridine rings is 2. The Bertz CT molecular complexity index is 1380. The van der Waals surface area contributed by atoms with Gasteiger partial charge in [0.2, 0.25) is 5.88 Å². The quantitative estimate of drug-likeness (QED) is 0.417. The lowest BCUT2D eigenvalue weighted by Crippen LogP contribution is -2.65. The highest BCUT2D eigenvalue weighted by molar-refractivity contribution is 5.96. The third-order valence-electron chi connectivity index (χ3n) is 7.95. The number of hydrogen-bond acceptors (Lipinski definition) is 8. The van der Waals surface area contributed by atoms with Crippen molar-refractivity contribution in [3.63, 3.8) is 0 Å². The molecule has 0 bridgehead atoms. The zero-order valence-electron chi connectivity index (χ0n) is 22.8. The predicted octanol–water partition coefficient (Wildman–Crippen LogP) is 3.83. The second kappa shape index (κ2) is 10.9. The van der Waals surface area contributed by atoms with Crippen molar-refractivity contribution in [2.24, 2.45) is 5.41 Å². The lowest BCUT2D eigenvalue weighted by Gasteiger charge is -2.59. The van der Waals surface area contributed by atoms with Gasteiger partial charge in [-0.1, -0.05) is 0 Å². The number of aromatic nitrogens is 2. The molecule has 3 fully saturated rings. The largest absolute Gasteiger partial charge is 0.494 e. The molecule has 10 heteroatoms. The fourth-order valence-corrected chi connectivity index (χ4v) is 6.00. The normalized spacial score (nSPS) is 19.6. The van der Waals surface area contributed by atoms with Crippen molar-refractivity contribution >= 4 is 11.6 Å². The number of benzene rings is 1. The molecule has 1 atom stereocenters. The van der Waals surface area contributed by atoms with Crippen molar-refractivity contribution < 1.29 is 23.4 Å². The van der Waals surface area contributed by atoms with Crippen LogP contribution in [0.15, 0.2) is 48.7 Å². The first-order valence-corrected chi connectivity index (χ1v) is 13.8. The van der Waals surface area contributed by atoms with Crippen molar-refractivity contribution in [2.75, 3.05) is 44.8 Å². The Hall–Kier alpha value is -3.92. The summed E-state index contributed by atoms with van der Waals surface area (Å²) in [4.78, 5) is 24.7. The molecule has 0 radical (unpaired) electrons. The van der Waals surface area contributed by atoms with Crippen LogP contribution in [0.3, 0.4) is 0 Å². The van der Waals surface area contributed by atoms with Crippen LogP contribution in [0.1, 0.15) is 36.7 Å². The molecule has 2 aliphatic heterocycles. The molecule has 2 saturated heterocycles. The molecule has 3 aliphatic rings. The molecular weight excluding hydrogens is 513 g/mol. The van der Waals surface area contributed by atoms with Gasteiger partial charge < -0.3 is 29.7 Å². The van der Waals surface area contributed by atoms with E-state index in [-0.39, 0.29) is 35.0 Å². The van der Waals surface area contributed by atoms with Crippen molar-refractivity contribution in [1.82, 2.24) is 20.6 Å². The number of halogens is 1. The van der Waals surface area contributed by atoms with Crippen LogP contribution in [-0.2, 0) is 0 Å². The summed E-state index contributed by atoms with van der Waals surface area (Å²) in [6, 6.07) is 12.1. The Balaban J connectivity index is 1.17. The molecule has 0 unspecified atom stereocenters. The first-order chi connectivity index (χ1) is 19.5. The summed E-state index contributed by atoms with van der Waals surface area (Å²) in [6.07, 6.45) is 4.28. The lowest BCUT2D eigenvalue weighted by molar-refractivity contribution is -0.0345. The van der Waals surface area contributed by atoms with Gasteiger partial charge >= 0.3 is 0 Å². The number of nitrogens with zero attached hydrogens (tertiary/aromatic N) is 3. The molecule has 1 aromatic carbocycles. The second-order valence-corrected chi connectivity index (χ2v) is 10.8. The molecule has 40 heavy (non-hydrogen) atoms. The van der Waals surface area contributed by atoms with Crippen molar-refractivity contribution in [2.45, 2.75) is 38.3 Å². The highest BCUT2D eigenvalue weighted by Crippen LogP contribution is 2.52. The Morgan fingerprint density at radius 2 is 2.05 bits per heavy atom. The van der Waals surface area contributed by atoms with E-state index in [0.29, 0.717) is 29.7 Å². The van der Waals surface area contributed by atoms with Gasteiger partial charge in [0.25, 0.3) is 5.91 Å². The van der Waals surface area contributed by atoms with Crippen LogP contribution in [0.4, 0.5) is 10.1 Å². The van der Waals surface area contributed by atoms with E-state index >= 15 is 0 Å². The minimum Gasteiger partial charge on any atom is -0.494 e. The van der Waals surface area contributed by atoms with Gasteiger partial charge in [0.15, 0.2) is 11.4 Å². The number of amides is 1. The van der Waals surface area contributed by atoms with Gasteiger partial charge in [-0.05, 0) is 69.1 Å². The number of hydrogen-bond donors (Lipinski definition) is 2. The summed E-state index contributed by atoms with van der Waals surface area (Å²) >= 11 is 0. The van der Waals surface area contributed by atoms with E-state index in [2.05, 4.69) is 20.5 Å². The first kappa shape index (κ1) is 26.3. The zero-order valence-corrected chi connectivity index (χ0v) is 22.8. The van der Waals surface area contributed by atoms with Gasteiger partial charge in [-0.25, -0.2) is 14.4 Å². The third kappa shape index (κ3) is 5.15. The summed E-state index contributed by atoms with van der Waals surface area (Å²) < 4.78 is 31.1. The number of anilines is 1. The average Bonchev–Trinajstić information content (AvgIpc) is 3.43. The molecule has 1 amide bonds. The van der Waals surface area contributed by atoms with Crippen molar-refractivity contribution in [3.8, 4) is 28.6 Å². The topological polar surface area (TPSA) is 97.8 Å². The number of carbonyl (C=O) groups excluding carboxylic acids is 1. The SMILES string of the molecule is CCOc1ncccc1-c1ccc(OC2CC3(C2)CN(c2ccc(F)cc2OC)C3)c(C(=O)N[C@@H]2CCNC2)n1. The molecule has 1 spiro atoms. The Labute approximate surface area is 233 Å². The van der Waals surface area contributed by atoms with Gasteiger partial charge in [-0.2, -0.15) is 0 Å². The Kier molecular flexibility index (Phi) is 7.18. The molecule has 2 N–H and O–H groups in total. The maximum atomic E-state index is 13.6. The highest BCUT2D eigenvalue weighted by atomic mass is 19.1. The summed E-state index contributed by atoms with van der Waals surface area (Å²) in [5.41, 5.74) is 2.65. The standard InChI is InChI=1S/C30H34FN5O4/c1-3-39-29-22(5-4-11-33-29)23-7-9-25(27(35-23)28(37)34-20-10-12-32-16-20)40-21-14-30(15-21)17-36(18-30)24-8-6-19(31)13-26(24)38-2/h4-9,11,13,20-21,32H,3,10,12,14-18H2,1-2H3,(H,34,37)/t20-/m1/s1. The number of ether oxygens (including phenoxy) is 3. The number of nitrogens with one attached hydrogen (secondary N) is 2. The summed E-state index contributed by atoms with van der Waals surface area (Å²) in [5, 5.41) is 6.38. The molecule has 9 nitrogen and oxygen atoms in total. The monoisotopic (exact) mass is 547 g/mol. The van der Waals surface area contributed by atoms with E-state index < -0.39 is 0 Å². The molecule has 3 aromatic rings. The lowest BCUT2D eigenvalue weighted by atomic mass is 9.61. The smallest absolute Gasteiger partial charge is 0.274 e. The minimum absolute atomic E-state index is 0.0120. The molecule has 6 rings (SSSR count).